The van der Waals surface area contributed by atoms with Crippen LogP contribution in [0.1, 0.15) is 11.3 Å². The van der Waals surface area contributed by atoms with Gasteiger partial charge in [-0.15, -0.1) is 0 Å². The SMILES string of the molecule is CSC[S@@](=O)C[C@@H](CO)NC(=O)/C=C/c1c(C)[nH]c(=O)[nH]c1=O. The molecule has 4 N–H and O–H groups in total. The topological polar surface area (TPSA) is 132 Å². The number of hydrogen-bond acceptors (Lipinski definition) is 6. The number of carbonyl (C=O) groups is 1. The molecule has 0 saturated carbocycles. The van der Waals surface area contributed by atoms with Crippen LogP contribution in [0.4, 0.5) is 0 Å². The minimum absolute atomic E-state index is 0.148. The molecule has 1 amide bonds. The molecule has 8 nitrogen and oxygen atoms in total. The Kier molecular flexibility index (Phi) is 8.00. The molecule has 1 rings (SSSR count). The third-order valence-electron chi connectivity index (χ3n) is 2.78. The molecule has 0 bridgehead atoms. The van der Waals surface area contributed by atoms with Crippen molar-refractivity contribution in [1.82, 2.24) is 15.3 Å². The highest BCUT2D eigenvalue weighted by Crippen LogP contribution is 2.00. The molecular formula is C13H19N3O5S2. The van der Waals surface area contributed by atoms with Gasteiger partial charge in [-0.3, -0.25) is 18.8 Å². The minimum Gasteiger partial charge on any atom is -0.394 e. The van der Waals surface area contributed by atoms with E-state index in [9.17, 15) is 23.7 Å². The first-order valence-corrected chi connectivity index (χ1v) is 9.52. The van der Waals surface area contributed by atoms with Crippen molar-refractivity contribution in [2.75, 3.05) is 23.7 Å². The van der Waals surface area contributed by atoms with Crippen LogP contribution in [0.5, 0.6) is 0 Å². The van der Waals surface area contributed by atoms with Crippen molar-refractivity contribution in [1.29, 1.82) is 0 Å². The maximum atomic E-state index is 11.8. The van der Waals surface area contributed by atoms with Crippen molar-refractivity contribution in [3.63, 3.8) is 0 Å². The Hall–Kier alpha value is -1.65. The lowest BCUT2D eigenvalue weighted by Crippen LogP contribution is -2.40. The maximum absolute atomic E-state index is 11.8. The smallest absolute Gasteiger partial charge is 0.325 e. The second-order valence-corrected chi connectivity index (χ2v) is 7.41. The third kappa shape index (κ3) is 6.55. The van der Waals surface area contributed by atoms with Crippen LogP contribution in [-0.4, -0.2) is 54.9 Å². The molecule has 0 aliphatic rings. The lowest BCUT2D eigenvalue weighted by atomic mass is 10.2. The molecule has 0 radical (unpaired) electrons. The van der Waals surface area contributed by atoms with E-state index >= 15 is 0 Å². The molecule has 1 heterocycles. The van der Waals surface area contributed by atoms with Crippen LogP contribution in [0.25, 0.3) is 6.08 Å². The van der Waals surface area contributed by atoms with Crippen molar-refractivity contribution < 1.29 is 14.1 Å². The average molecular weight is 361 g/mol. The number of nitrogens with one attached hydrogen (secondary N) is 3. The Labute approximate surface area is 139 Å². The van der Waals surface area contributed by atoms with Gasteiger partial charge in [0.25, 0.3) is 5.56 Å². The zero-order valence-corrected chi connectivity index (χ0v) is 14.4. The van der Waals surface area contributed by atoms with E-state index in [1.54, 1.807) is 0 Å². The highest BCUT2D eigenvalue weighted by atomic mass is 32.2. The van der Waals surface area contributed by atoms with Gasteiger partial charge in [0, 0.05) is 28.3 Å². The van der Waals surface area contributed by atoms with E-state index in [-0.39, 0.29) is 17.9 Å². The lowest BCUT2D eigenvalue weighted by Gasteiger charge is -2.14. The molecule has 1 aromatic rings. The predicted molar refractivity (Wildman–Crippen MR) is 91.9 cm³/mol. The van der Waals surface area contributed by atoms with Gasteiger partial charge < -0.3 is 15.4 Å². The van der Waals surface area contributed by atoms with Crippen LogP contribution >= 0.6 is 11.8 Å². The van der Waals surface area contributed by atoms with Crippen LogP contribution in [0.2, 0.25) is 0 Å². The fraction of sp³-hybridized carbons (Fsp3) is 0.462. The van der Waals surface area contributed by atoms with Gasteiger partial charge in [-0.25, -0.2) is 4.79 Å². The van der Waals surface area contributed by atoms with Gasteiger partial charge in [0.1, 0.15) is 0 Å². The second kappa shape index (κ2) is 9.48. The fourth-order valence-corrected chi connectivity index (χ4v) is 3.84. The summed E-state index contributed by atoms with van der Waals surface area (Å²) >= 11 is 1.42. The first-order chi connectivity index (χ1) is 10.9. The summed E-state index contributed by atoms with van der Waals surface area (Å²) in [7, 11) is -1.15. The summed E-state index contributed by atoms with van der Waals surface area (Å²) in [5, 5.41) is 12.2. The van der Waals surface area contributed by atoms with Gasteiger partial charge >= 0.3 is 5.69 Å². The first-order valence-electron chi connectivity index (χ1n) is 6.64. The summed E-state index contributed by atoms with van der Waals surface area (Å²) < 4.78 is 11.6. The Morgan fingerprint density at radius 1 is 1.43 bits per heavy atom. The molecule has 128 valence electrons. The standard InChI is InChI=1S/C13H19N3O5S2/c1-8-10(12(19)16-13(20)14-8)3-4-11(18)15-9(5-17)6-23(21)7-22-2/h3-4,9,17H,5-7H2,1-2H3,(H,15,18)(H2,14,16,19,20)/b4-3+/t9-,23+/m1/s1. The fourth-order valence-electron chi connectivity index (χ4n) is 1.76. The van der Waals surface area contributed by atoms with Gasteiger partial charge in [0.2, 0.25) is 5.91 Å². The van der Waals surface area contributed by atoms with E-state index in [0.717, 1.165) is 6.08 Å². The number of aromatic nitrogens is 2. The largest absolute Gasteiger partial charge is 0.394 e. The average Bonchev–Trinajstić information content (AvgIpc) is 2.45. The van der Waals surface area contributed by atoms with Crippen LogP contribution < -0.4 is 16.6 Å². The molecule has 2 atom stereocenters. The molecule has 0 fully saturated rings. The van der Waals surface area contributed by atoms with Gasteiger partial charge in [0.15, 0.2) is 0 Å². The second-order valence-electron chi connectivity index (χ2n) is 4.68. The molecule has 10 heteroatoms. The van der Waals surface area contributed by atoms with E-state index in [1.807, 2.05) is 6.26 Å². The number of thioether (sulfide) groups is 1. The number of amides is 1. The zero-order valence-electron chi connectivity index (χ0n) is 12.8. The first kappa shape index (κ1) is 19.4. The van der Waals surface area contributed by atoms with Gasteiger partial charge in [-0.05, 0) is 19.3 Å². The monoisotopic (exact) mass is 361 g/mol. The Bertz CT molecular complexity index is 710. The summed E-state index contributed by atoms with van der Waals surface area (Å²) in [6, 6.07) is -0.630. The van der Waals surface area contributed by atoms with Crippen molar-refractivity contribution >= 4 is 34.5 Å². The van der Waals surface area contributed by atoms with Gasteiger partial charge in [-0.1, -0.05) is 0 Å². The summed E-state index contributed by atoms with van der Waals surface area (Å²) in [5.74, 6) is -0.384. The molecule has 0 saturated heterocycles. The predicted octanol–water partition coefficient (Wildman–Crippen LogP) is -1.07. The molecule has 23 heavy (non-hydrogen) atoms. The number of hydrogen-bond donors (Lipinski definition) is 4. The van der Waals surface area contributed by atoms with Gasteiger partial charge in [-0.2, -0.15) is 11.8 Å². The summed E-state index contributed by atoms with van der Waals surface area (Å²) in [5.41, 5.74) is -0.727. The van der Waals surface area contributed by atoms with Crippen LogP contribution in [0, 0.1) is 6.92 Å². The molecule has 1 aromatic heterocycles. The molecule has 0 aromatic carbocycles. The van der Waals surface area contributed by atoms with Crippen molar-refractivity contribution in [2.24, 2.45) is 0 Å². The van der Waals surface area contributed by atoms with Crippen LogP contribution in [0.15, 0.2) is 15.7 Å². The van der Waals surface area contributed by atoms with E-state index < -0.39 is 34.0 Å². The van der Waals surface area contributed by atoms with Crippen LogP contribution in [0.3, 0.4) is 0 Å². The summed E-state index contributed by atoms with van der Waals surface area (Å²) in [6.07, 6.45) is 4.21. The molecular weight excluding hydrogens is 342 g/mol. The Morgan fingerprint density at radius 3 is 2.70 bits per heavy atom. The Morgan fingerprint density at radius 2 is 2.13 bits per heavy atom. The summed E-state index contributed by atoms with van der Waals surface area (Å²) in [6.45, 7) is 1.20. The minimum atomic E-state index is -1.15. The highest BCUT2D eigenvalue weighted by Gasteiger charge is 2.13. The molecule has 0 aliphatic heterocycles. The van der Waals surface area contributed by atoms with Crippen molar-refractivity contribution in [3.8, 4) is 0 Å². The van der Waals surface area contributed by atoms with Crippen molar-refractivity contribution in [2.45, 2.75) is 13.0 Å². The van der Waals surface area contributed by atoms with E-state index in [0.29, 0.717) is 10.8 Å². The number of H-pyrrole nitrogens is 2. The molecule has 0 aliphatic carbocycles. The van der Waals surface area contributed by atoms with Crippen molar-refractivity contribution in [3.05, 3.63) is 38.2 Å². The number of rotatable bonds is 8. The highest BCUT2D eigenvalue weighted by molar-refractivity contribution is 8.09. The number of aryl methyl sites for hydroxylation is 1. The number of aromatic amines is 2. The van der Waals surface area contributed by atoms with Crippen LogP contribution in [-0.2, 0) is 15.6 Å². The Balaban J connectivity index is 2.74. The number of aliphatic hydroxyl groups is 1. The quantitative estimate of drug-likeness (QED) is 0.436. The van der Waals surface area contributed by atoms with E-state index in [2.05, 4.69) is 15.3 Å². The maximum Gasteiger partial charge on any atom is 0.325 e. The normalized spacial score (nSPS) is 13.9. The van der Waals surface area contributed by atoms with Gasteiger partial charge in [0.05, 0.1) is 23.3 Å². The van der Waals surface area contributed by atoms with E-state index in [1.165, 1.54) is 24.8 Å². The molecule has 0 unspecified atom stereocenters. The lowest BCUT2D eigenvalue weighted by molar-refractivity contribution is -0.117. The zero-order chi connectivity index (χ0) is 17.4. The molecule has 0 spiro atoms. The number of aliphatic hydroxyl groups excluding tert-OH is 1. The van der Waals surface area contributed by atoms with E-state index in [4.69, 9.17) is 0 Å². The third-order valence-corrected chi connectivity index (χ3v) is 5.55. The summed E-state index contributed by atoms with van der Waals surface area (Å²) in [4.78, 5) is 39.0. The number of carbonyl (C=O) groups excluding carboxylic acids is 1.